The second-order valence-electron chi connectivity index (χ2n) is 4.95. The average Bonchev–Trinajstić information content (AvgIpc) is 2.40. The van der Waals surface area contributed by atoms with E-state index in [2.05, 4.69) is 9.88 Å². The van der Waals surface area contributed by atoms with E-state index in [0.29, 0.717) is 6.54 Å². The zero-order valence-electron chi connectivity index (χ0n) is 11.2. The van der Waals surface area contributed by atoms with Gasteiger partial charge in [0, 0.05) is 12.7 Å². The minimum atomic E-state index is 0.141. The van der Waals surface area contributed by atoms with E-state index in [1.165, 1.54) is 19.3 Å². The van der Waals surface area contributed by atoms with Crippen molar-refractivity contribution in [3.05, 3.63) is 24.0 Å². The third-order valence-corrected chi connectivity index (χ3v) is 3.46. The maximum absolute atomic E-state index is 12.2. The highest BCUT2D eigenvalue weighted by Crippen LogP contribution is 2.13. The molecule has 0 unspecified atom stereocenters. The molecule has 2 rings (SSSR count). The van der Waals surface area contributed by atoms with Gasteiger partial charge in [-0.25, -0.2) is 0 Å². The summed E-state index contributed by atoms with van der Waals surface area (Å²) in [4.78, 5) is 20.3. The SMILES string of the molecule is Cc1ccc(N(C)C(=O)CN2CCCCC2)cn1. The smallest absolute Gasteiger partial charge is 0.240 e. The van der Waals surface area contributed by atoms with E-state index in [1.807, 2.05) is 26.1 Å². The van der Waals surface area contributed by atoms with Crippen LogP contribution in [0.15, 0.2) is 18.3 Å². The largest absolute Gasteiger partial charge is 0.313 e. The lowest BCUT2D eigenvalue weighted by atomic mass is 10.1. The standard InChI is InChI=1S/C14H21N3O/c1-12-6-7-13(10-15-12)16(2)14(18)11-17-8-4-3-5-9-17/h6-7,10H,3-5,8-9,11H2,1-2H3. The van der Waals surface area contributed by atoms with E-state index in [0.717, 1.165) is 24.5 Å². The van der Waals surface area contributed by atoms with Gasteiger partial charge in [-0.15, -0.1) is 0 Å². The van der Waals surface area contributed by atoms with Crippen molar-refractivity contribution in [1.29, 1.82) is 0 Å². The molecule has 0 bridgehead atoms. The van der Waals surface area contributed by atoms with Crippen LogP contribution in [0.25, 0.3) is 0 Å². The summed E-state index contributed by atoms with van der Waals surface area (Å²) >= 11 is 0. The second kappa shape index (κ2) is 5.96. The minimum absolute atomic E-state index is 0.141. The van der Waals surface area contributed by atoms with Gasteiger partial charge in [-0.05, 0) is 45.0 Å². The maximum atomic E-state index is 12.2. The summed E-state index contributed by atoms with van der Waals surface area (Å²) in [5.74, 6) is 0.141. The number of carbonyl (C=O) groups is 1. The van der Waals surface area contributed by atoms with Crippen molar-refractivity contribution in [3.63, 3.8) is 0 Å². The summed E-state index contributed by atoms with van der Waals surface area (Å²) in [6.07, 6.45) is 5.47. The van der Waals surface area contributed by atoms with Gasteiger partial charge in [-0.2, -0.15) is 0 Å². The van der Waals surface area contributed by atoms with Crippen molar-refractivity contribution >= 4 is 11.6 Å². The molecule has 1 amide bonds. The number of likely N-dealkylation sites (tertiary alicyclic amines) is 1. The summed E-state index contributed by atoms with van der Waals surface area (Å²) in [5.41, 5.74) is 1.83. The number of piperidine rings is 1. The molecule has 0 aliphatic carbocycles. The molecule has 2 heterocycles. The van der Waals surface area contributed by atoms with Crippen LogP contribution in [0.4, 0.5) is 5.69 Å². The number of nitrogens with zero attached hydrogens (tertiary/aromatic N) is 3. The quantitative estimate of drug-likeness (QED) is 0.817. The zero-order valence-corrected chi connectivity index (χ0v) is 11.2. The van der Waals surface area contributed by atoms with Crippen LogP contribution in [0, 0.1) is 6.92 Å². The van der Waals surface area contributed by atoms with E-state index in [-0.39, 0.29) is 5.91 Å². The first-order valence-corrected chi connectivity index (χ1v) is 6.58. The lowest BCUT2D eigenvalue weighted by molar-refractivity contribution is -0.119. The molecule has 1 aromatic rings. The van der Waals surface area contributed by atoms with Crippen molar-refractivity contribution in [3.8, 4) is 0 Å². The van der Waals surface area contributed by atoms with Crippen LogP contribution in [-0.4, -0.2) is 42.5 Å². The Bertz CT molecular complexity index is 396. The van der Waals surface area contributed by atoms with Gasteiger partial charge < -0.3 is 4.90 Å². The van der Waals surface area contributed by atoms with E-state index in [1.54, 1.807) is 11.1 Å². The van der Waals surface area contributed by atoms with Gasteiger partial charge in [0.05, 0.1) is 18.4 Å². The van der Waals surface area contributed by atoms with E-state index < -0.39 is 0 Å². The van der Waals surface area contributed by atoms with Crippen molar-refractivity contribution in [2.45, 2.75) is 26.2 Å². The van der Waals surface area contributed by atoms with Crippen LogP contribution in [0.1, 0.15) is 25.0 Å². The molecule has 0 spiro atoms. The number of pyridine rings is 1. The summed E-state index contributed by atoms with van der Waals surface area (Å²) in [5, 5.41) is 0. The summed E-state index contributed by atoms with van der Waals surface area (Å²) in [6.45, 7) is 4.56. The molecule has 0 atom stereocenters. The highest BCUT2D eigenvalue weighted by molar-refractivity contribution is 5.94. The lowest BCUT2D eigenvalue weighted by Gasteiger charge is -2.27. The Balaban J connectivity index is 1.93. The molecule has 0 N–H and O–H groups in total. The lowest BCUT2D eigenvalue weighted by Crippen LogP contribution is -2.40. The summed E-state index contributed by atoms with van der Waals surface area (Å²) in [6, 6.07) is 3.87. The Kier molecular flexibility index (Phi) is 4.31. The molecule has 1 fully saturated rings. The molecule has 4 nitrogen and oxygen atoms in total. The highest BCUT2D eigenvalue weighted by atomic mass is 16.2. The Morgan fingerprint density at radius 1 is 1.33 bits per heavy atom. The van der Waals surface area contributed by atoms with Gasteiger partial charge in [-0.3, -0.25) is 14.7 Å². The average molecular weight is 247 g/mol. The first-order chi connectivity index (χ1) is 8.66. The van der Waals surface area contributed by atoms with Gasteiger partial charge in [-0.1, -0.05) is 6.42 Å². The molecule has 4 heteroatoms. The summed E-state index contributed by atoms with van der Waals surface area (Å²) < 4.78 is 0. The molecular weight excluding hydrogens is 226 g/mol. The third-order valence-electron chi connectivity index (χ3n) is 3.46. The van der Waals surface area contributed by atoms with Crippen LogP contribution >= 0.6 is 0 Å². The van der Waals surface area contributed by atoms with E-state index in [4.69, 9.17) is 0 Å². The molecule has 98 valence electrons. The van der Waals surface area contributed by atoms with E-state index >= 15 is 0 Å². The number of amides is 1. The number of hydrogen-bond donors (Lipinski definition) is 0. The van der Waals surface area contributed by atoms with Crippen LogP contribution in [-0.2, 0) is 4.79 Å². The Morgan fingerprint density at radius 2 is 2.06 bits per heavy atom. The molecule has 0 radical (unpaired) electrons. The summed E-state index contributed by atoms with van der Waals surface area (Å²) in [7, 11) is 1.82. The van der Waals surface area contributed by atoms with Gasteiger partial charge in [0.2, 0.25) is 5.91 Å². The van der Waals surface area contributed by atoms with Gasteiger partial charge in [0.1, 0.15) is 0 Å². The molecular formula is C14H21N3O. The molecule has 1 aliphatic rings. The Hall–Kier alpha value is -1.42. The first kappa shape index (κ1) is 13.0. The molecule has 1 saturated heterocycles. The minimum Gasteiger partial charge on any atom is -0.313 e. The zero-order chi connectivity index (χ0) is 13.0. The van der Waals surface area contributed by atoms with Crippen molar-refractivity contribution in [2.24, 2.45) is 0 Å². The van der Waals surface area contributed by atoms with E-state index in [9.17, 15) is 4.79 Å². The van der Waals surface area contributed by atoms with Crippen molar-refractivity contribution < 1.29 is 4.79 Å². The van der Waals surface area contributed by atoms with Crippen LogP contribution in [0.3, 0.4) is 0 Å². The molecule has 0 saturated carbocycles. The number of anilines is 1. The third kappa shape index (κ3) is 3.29. The normalized spacial score (nSPS) is 16.6. The monoisotopic (exact) mass is 247 g/mol. The molecule has 1 aliphatic heterocycles. The van der Waals surface area contributed by atoms with Gasteiger partial charge in [0.15, 0.2) is 0 Å². The predicted octanol–water partition coefficient (Wildman–Crippen LogP) is 1.84. The molecule has 1 aromatic heterocycles. The molecule has 0 aromatic carbocycles. The van der Waals surface area contributed by atoms with Crippen LogP contribution < -0.4 is 4.90 Å². The topological polar surface area (TPSA) is 36.4 Å². The maximum Gasteiger partial charge on any atom is 0.240 e. The Morgan fingerprint density at radius 3 is 2.67 bits per heavy atom. The fourth-order valence-corrected chi connectivity index (χ4v) is 2.22. The second-order valence-corrected chi connectivity index (χ2v) is 4.95. The van der Waals surface area contributed by atoms with Crippen molar-refractivity contribution in [2.75, 3.05) is 31.6 Å². The van der Waals surface area contributed by atoms with Crippen LogP contribution in [0.2, 0.25) is 0 Å². The Labute approximate surface area is 109 Å². The number of aryl methyl sites for hydroxylation is 1. The fraction of sp³-hybridized carbons (Fsp3) is 0.571. The van der Waals surface area contributed by atoms with Gasteiger partial charge >= 0.3 is 0 Å². The molecule has 18 heavy (non-hydrogen) atoms. The number of aromatic nitrogens is 1. The number of hydrogen-bond acceptors (Lipinski definition) is 3. The highest BCUT2D eigenvalue weighted by Gasteiger charge is 2.17. The van der Waals surface area contributed by atoms with Crippen LogP contribution in [0.5, 0.6) is 0 Å². The fourth-order valence-electron chi connectivity index (χ4n) is 2.22. The van der Waals surface area contributed by atoms with Gasteiger partial charge in [0.25, 0.3) is 0 Å². The first-order valence-electron chi connectivity index (χ1n) is 6.58. The number of rotatable bonds is 3. The predicted molar refractivity (Wildman–Crippen MR) is 72.7 cm³/mol. The van der Waals surface area contributed by atoms with Crippen molar-refractivity contribution in [1.82, 2.24) is 9.88 Å². The number of likely N-dealkylation sites (N-methyl/N-ethyl adjacent to an activating group) is 1. The number of carbonyl (C=O) groups excluding carboxylic acids is 1.